The number of carbonyl (C=O) groups is 1. The van der Waals surface area contributed by atoms with Gasteiger partial charge in [0.25, 0.3) is 5.91 Å². The molecule has 0 saturated carbocycles. The van der Waals surface area contributed by atoms with Crippen molar-refractivity contribution in [3.05, 3.63) is 71.1 Å². The lowest BCUT2D eigenvalue weighted by atomic mass is 10.1. The third kappa shape index (κ3) is 4.09. The highest BCUT2D eigenvalue weighted by Gasteiger charge is 2.21. The van der Waals surface area contributed by atoms with Gasteiger partial charge in [-0.05, 0) is 50.2 Å². The van der Waals surface area contributed by atoms with Crippen LogP contribution in [0.2, 0.25) is 0 Å². The maximum absolute atomic E-state index is 12.6. The third-order valence-corrected chi connectivity index (χ3v) is 5.86. The molecule has 0 saturated heterocycles. The van der Waals surface area contributed by atoms with Crippen LogP contribution >= 0.6 is 0 Å². The van der Waals surface area contributed by atoms with E-state index in [-0.39, 0.29) is 16.6 Å². The molecule has 140 valence electrons. The first-order chi connectivity index (χ1) is 12.8. The maximum Gasteiger partial charge on any atom is 0.251 e. The van der Waals surface area contributed by atoms with Gasteiger partial charge in [0, 0.05) is 18.2 Å². The molecule has 3 rings (SSSR count). The van der Waals surface area contributed by atoms with Crippen molar-refractivity contribution in [2.45, 2.75) is 24.5 Å². The normalized spacial score (nSPS) is 11.4. The molecule has 0 aliphatic carbocycles. The monoisotopic (exact) mass is 384 g/mol. The number of nitrogens with zero attached hydrogens (tertiary/aromatic N) is 1. The molecule has 0 bridgehead atoms. The highest BCUT2D eigenvalue weighted by molar-refractivity contribution is 7.90. The zero-order valence-electron chi connectivity index (χ0n) is 15.3. The van der Waals surface area contributed by atoms with Gasteiger partial charge >= 0.3 is 0 Å². The van der Waals surface area contributed by atoms with Gasteiger partial charge in [0.05, 0.1) is 10.6 Å². The Hall–Kier alpha value is -2.93. The predicted octanol–water partition coefficient (Wildman–Crippen LogP) is 3.29. The molecule has 2 aromatic carbocycles. The van der Waals surface area contributed by atoms with Gasteiger partial charge in [0.15, 0.2) is 9.84 Å². The van der Waals surface area contributed by atoms with Crippen LogP contribution < -0.4 is 5.32 Å². The fraction of sp³-hybridized carbons (Fsp3) is 0.200. The van der Waals surface area contributed by atoms with Gasteiger partial charge in [-0.15, -0.1) is 0 Å². The Morgan fingerprint density at radius 1 is 1.04 bits per heavy atom. The van der Waals surface area contributed by atoms with Crippen LogP contribution in [0, 0.1) is 13.8 Å². The van der Waals surface area contributed by atoms with Crippen LogP contribution in [-0.4, -0.2) is 26.4 Å². The zero-order valence-corrected chi connectivity index (χ0v) is 16.1. The van der Waals surface area contributed by atoms with Gasteiger partial charge in [0.1, 0.15) is 11.5 Å². The first kappa shape index (κ1) is 18.8. The number of benzene rings is 2. The molecule has 0 fully saturated rings. The average Bonchev–Trinajstić information content (AvgIpc) is 3.01. The number of amides is 1. The molecular weight excluding hydrogens is 364 g/mol. The van der Waals surface area contributed by atoms with E-state index in [0.29, 0.717) is 28.5 Å². The van der Waals surface area contributed by atoms with Gasteiger partial charge in [-0.2, -0.15) is 0 Å². The van der Waals surface area contributed by atoms with Crippen molar-refractivity contribution in [1.29, 1.82) is 0 Å². The molecule has 0 radical (unpaired) electrons. The number of oxazole rings is 1. The van der Waals surface area contributed by atoms with E-state index >= 15 is 0 Å². The molecule has 0 unspecified atom stereocenters. The lowest BCUT2D eigenvalue weighted by molar-refractivity contribution is 0.0963. The van der Waals surface area contributed by atoms with Crippen LogP contribution in [-0.2, 0) is 15.6 Å². The molecule has 7 heteroatoms. The first-order valence-electron chi connectivity index (χ1n) is 8.38. The van der Waals surface area contributed by atoms with Crippen molar-refractivity contribution in [3.63, 3.8) is 0 Å². The SMILES string of the molecule is CNC(=O)c1ccc(-c2nc(CS(=O)(=O)c3ccc(C)cc3)c(C)o2)cc1. The summed E-state index contributed by atoms with van der Waals surface area (Å²) in [4.78, 5) is 16.2. The second kappa shape index (κ2) is 7.36. The van der Waals surface area contributed by atoms with E-state index in [2.05, 4.69) is 10.3 Å². The molecule has 0 aliphatic rings. The average molecular weight is 384 g/mol. The van der Waals surface area contributed by atoms with Crippen LogP contribution in [0.15, 0.2) is 57.8 Å². The summed E-state index contributed by atoms with van der Waals surface area (Å²) >= 11 is 0. The largest absolute Gasteiger partial charge is 0.441 e. The van der Waals surface area contributed by atoms with Crippen molar-refractivity contribution in [2.24, 2.45) is 0 Å². The van der Waals surface area contributed by atoms with Gasteiger partial charge in [0.2, 0.25) is 5.89 Å². The number of hydrogen-bond acceptors (Lipinski definition) is 5. The van der Waals surface area contributed by atoms with E-state index in [1.807, 2.05) is 6.92 Å². The Bertz CT molecular complexity index is 1070. The van der Waals surface area contributed by atoms with Crippen LogP contribution in [0.3, 0.4) is 0 Å². The second-order valence-electron chi connectivity index (χ2n) is 6.25. The molecule has 27 heavy (non-hydrogen) atoms. The summed E-state index contributed by atoms with van der Waals surface area (Å²) < 4.78 is 30.9. The summed E-state index contributed by atoms with van der Waals surface area (Å²) in [6.45, 7) is 3.59. The van der Waals surface area contributed by atoms with E-state index in [9.17, 15) is 13.2 Å². The quantitative estimate of drug-likeness (QED) is 0.729. The number of aryl methyl sites for hydroxylation is 2. The zero-order chi connectivity index (χ0) is 19.6. The summed E-state index contributed by atoms with van der Waals surface area (Å²) in [5, 5.41) is 2.55. The van der Waals surface area contributed by atoms with Gasteiger partial charge in [-0.3, -0.25) is 4.79 Å². The molecule has 3 aromatic rings. The summed E-state index contributed by atoms with van der Waals surface area (Å²) in [7, 11) is -1.95. The minimum Gasteiger partial charge on any atom is -0.441 e. The number of carbonyl (C=O) groups excluding carboxylic acids is 1. The second-order valence-corrected chi connectivity index (χ2v) is 8.24. The number of rotatable bonds is 5. The number of nitrogens with one attached hydrogen (secondary N) is 1. The number of aromatic nitrogens is 1. The van der Waals surface area contributed by atoms with Crippen molar-refractivity contribution in [1.82, 2.24) is 10.3 Å². The van der Waals surface area contributed by atoms with Gasteiger partial charge in [-0.1, -0.05) is 17.7 Å². The Morgan fingerprint density at radius 2 is 1.67 bits per heavy atom. The number of sulfone groups is 1. The Labute approximate surface area is 158 Å². The van der Waals surface area contributed by atoms with Gasteiger partial charge in [-0.25, -0.2) is 13.4 Å². The van der Waals surface area contributed by atoms with Crippen molar-refractivity contribution in [2.75, 3.05) is 7.05 Å². The highest BCUT2D eigenvalue weighted by atomic mass is 32.2. The molecule has 1 amide bonds. The smallest absolute Gasteiger partial charge is 0.251 e. The minimum absolute atomic E-state index is 0.185. The van der Waals surface area contributed by atoms with E-state index in [1.165, 1.54) is 0 Å². The Balaban J connectivity index is 1.86. The molecule has 1 aromatic heterocycles. The summed E-state index contributed by atoms with van der Waals surface area (Å²) in [6.07, 6.45) is 0. The predicted molar refractivity (Wildman–Crippen MR) is 102 cm³/mol. The standard InChI is InChI=1S/C20H20N2O4S/c1-13-4-10-17(11-5-13)27(24,25)12-18-14(2)26-20(22-18)16-8-6-15(7-9-16)19(23)21-3/h4-11H,12H2,1-3H3,(H,21,23). The lowest BCUT2D eigenvalue weighted by Gasteiger charge is -2.03. The van der Waals surface area contributed by atoms with Crippen LogP contribution in [0.25, 0.3) is 11.5 Å². The fourth-order valence-corrected chi connectivity index (χ4v) is 3.95. The Morgan fingerprint density at radius 3 is 2.26 bits per heavy atom. The van der Waals surface area contributed by atoms with E-state index in [4.69, 9.17) is 4.42 Å². The topological polar surface area (TPSA) is 89.3 Å². The molecular formula is C20H20N2O4S. The molecule has 0 spiro atoms. The summed E-state index contributed by atoms with van der Waals surface area (Å²) in [5.74, 6) is 0.359. The first-order valence-corrected chi connectivity index (χ1v) is 10.0. The van der Waals surface area contributed by atoms with Crippen LogP contribution in [0.1, 0.15) is 27.4 Å². The Kier molecular flexibility index (Phi) is 5.14. The van der Waals surface area contributed by atoms with E-state index < -0.39 is 9.84 Å². The molecule has 1 N–H and O–H groups in total. The van der Waals surface area contributed by atoms with Crippen LogP contribution in [0.5, 0.6) is 0 Å². The molecule has 1 heterocycles. The van der Waals surface area contributed by atoms with E-state index in [1.54, 1.807) is 62.5 Å². The number of hydrogen-bond donors (Lipinski definition) is 1. The van der Waals surface area contributed by atoms with E-state index in [0.717, 1.165) is 5.56 Å². The van der Waals surface area contributed by atoms with Crippen LogP contribution in [0.4, 0.5) is 0 Å². The molecule has 0 atom stereocenters. The lowest BCUT2D eigenvalue weighted by Crippen LogP contribution is -2.17. The summed E-state index contributed by atoms with van der Waals surface area (Å²) in [5.41, 5.74) is 2.56. The molecule has 6 nitrogen and oxygen atoms in total. The van der Waals surface area contributed by atoms with Crippen molar-refractivity contribution in [3.8, 4) is 11.5 Å². The maximum atomic E-state index is 12.6. The molecule has 0 aliphatic heterocycles. The minimum atomic E-state index is -3.52. The third-order valence-electron chi connectivity index (χ3n) is 4.22. The fourth-order valence-electron chi connectivity index (χ4n) is 2.60. The van der Waals surface area contributed by atoms with Crippen molar-refractivity contribution >= 4 is 15.7 Å². The van der Waals surface area contributed by atoms with Crippen molar-refractivity contribution < 1.29 is 17.6 Å². The summed E-state index contributed by atoms with van der Waals surface area (Å²) in [6, 6.07) is 13.5. The highest BCUT2D eigenvalue weighted by Crippen LogP contribution is 2.25. The van der Waals surface area contributed by atoms with Gasteiger partial charge < -0.3 is 9.73 Å².